The quantitative estimate of drug-likeness (QED) is 0.441. The molecule has 1 unspecified atom stereocenters. The van der Waals surface area contributed by atoms with Crippen LogP contribution in [0, 0.1) is 18.8 Å². The maximum absolute atomic E-state index is 13.2. The van der Waals surface area contributed by atoms with Crippen LogP contribution in [0.25, 0.3) is 0 Å². The van der Waals surface area contributed by atoms with Crippen LogP contribution in [0.1, 0.15) is 48.9 Å². The molecule has 0 radical (unpaired) electrons. The van der Waals surface area contributed by atoms with Gasteiger partial charge in [-0.05, 0) is 55.2 Å². The number of hydrogen-bond acceptors (Lipinski definition) is 4. The molecule has 0 saturated heterocycles. The number of aryl methyl sites for hydroxylation is 2. The molecule has 33 heavy (non-hydrogen) atoms. The van der Waals surface area contributed by atoms with Crippen LogP contribution in [-0.4, -0.2) is 41.0 Å². The Labute approximate surface area is 196 Å². The molecule has 2 aromatic rings. The summed E-state index contributed by atoms with van der Waals surface area (Å²) < 4.78 is 0. The number of nitrogens with one attached hydrogen (secondary N) is 2. The van der Waals surface area contributed by atoms with E-state index in [1.807, 2.05) is 51.1 Å². The van der Waals surface area contributed by atoms with Gasteiger partial charge in [-0.25, -0.2) is 0 Å². The van der Waals surface area contributed by atoms with Crippen molar-refractivity contribution in [2.24, 2.45) is 11.8 Å². The largest absolute Gasteiger partial charge is 0.475 e. The van der Waals surface area contributed by atoms with Crippen LogP contribution in [-0.2, 0) is 28.9 Å². The molecular formula is C26H35BN2O4. The standard InChI is InChI=1S/C26H35BN2O4/c1-17(2)13-24(27(32)33)29-26(31)23(15-19-7-5-4-6-8-19)28-25(30)21-12-11-20-10-9-18(3)14-22(20)16-21/h4-10,14,17,21,23-24,32-33H,11-13,15-16H2,1-3H3,(H,28,30)(H,29,31)/t21?,23-,24-/m0/s1. The van der Waals surface area contributed by atoms with E-state index in [0.717, 1.165) is 18.4 Å². The van der Waals surface area contributed by atoms with E-state index in [9.17, 15) is 19.6 Å². The average molecular weight is 450 g/mol. The van der Waals surface area contributed by atoms with Crippen molar-refractivity contribution in [3.05, 3.63) is 70.8 Å². The maximum atomic E-state index is 13.2. The summed E-state index contributed by atoms with van der Waals surface area (Å²) in [6, 6.07) is 15.1. The minimum Gasteiger partial charge on any atom is -0.426 e. The van der Waals surface area contributed by atoms with E-state index in [-0.39, 0.29) is 17.7 Å². The number of hydrogen-bond donors (Lipinski definition) is 4. The summed E-state index contributed by atoms with van der Waals surface area (Å²) in [4.78, 5) is 26.4. The first-order chi connectivity index (χ1) is 15.7. The normalized spacial score (nSPS) is 17.1. The van der Waals surface area contributed by atoms with Crippen LogP contribution in [0.5, 0.6) is 0 Å². The number of carbonyl (C=O) groups is 2. The molecular weight excluding hydrogens is 415 g/mol. The predicted octanol–water partition coefficient (Wildman–Crippen LogP) is 2.37. The Bertz CT molecular complexity index is 949. The molecule has 2 amide bonds. The van der Waals surface area contributed by atoms with Gasteiger partial charge >= 0.3 is 7.12 Å². The summed E-state index contributed by atoms with van der Waals surface area (Å²) in [7, 11) is -1.66. The minimum atomic E-state index is -1.66. The van der Waals surface area contributed by atoms with E-state index in [4.69, 9.17) is 0 Å². The highest BCUT2D eigenvalue weighted by Crippen LogP contribution is 2.26. The molecule has 0 saturated carbocycles. The van der Waals surface area contributed by atoms with Crippen LogP contribution in [0.3, 0.4) is 0 Å². The van der Waals surface area contributed by atoms with E-state index in [1.54, 1.807) is 0 Å². The van der Waals surface area contributed by atoms with E-state index < -0.39 is 25.0 Å². The van der Waals surface area contributed by atoms with Gasteiger partial charge in [-0.2, -0.15) is 0 Å². The van der Waals surface area contributed by atoms with Gasteiger partial charge in [0.15, 0.2) is 0 Å². The SMILES string of the molecule is Cc1ccc2c(c1)CC(C(=O)N[C@@H](Cc1ccccc1)C(=O)N[C@@H](CC(C)C)B(O)O)CC2. The Kier molecular flexibility index (Phi) is 8.70. The third kappa shape index (κ3) is 7.17. The molecule has 3 rings (SSSR count). The zero-order valence-electron chi connectivity index (χ0n) is 19.8. The molecule has 3 atom stereocenters. The van der Waals surface area contributed by atoms with Crippen molar-refractivity contribution in [1.29, 1.82) is 0 Å². The highest BCUT2D eigenvalue weighted by atomic mass is 16.4. The molecule has 6 nitrogen and oxygen atoms in total. The fourth-order valence-corrected chi connectivity index (χ4v) is 4.50. The van der Waals surface area contributed by atoms with Crippen LogP contribution < -0.4 is 10.6 Å². The molecule has 2 aromatic carbocycles. The van der Waals surface area contributed by atoms with Crippen molar-refractivity contribution < 1.29 is 19.6 Å². The first-order valence-electron chi connectivity index (χ1n) is 11.8. The fraction of sp³-hybridized carbons (Fsp3) is 0.462. The van der Waals surface area contributed by atoms with E-state index in [0.29, 0.717) is 19.3 Å². The summed E-state index contributed by atoms with van der Waals surface area (Å²) >= 11 is 0. The van der Waals surface area contributed by atoms with Crippen molar-refractivity contribution in [3.63, 3.8) is 0 Å². The molecule has 0 bridgehead atoms. The van der Waals surface area contributed by atoms with E-state index >= 15 is 0 Å². The molecule has 0 fully saturated rings. The Balaban J connectivity index is 1.73. The third-order valence-electron chi connectivity index (χ3n) is 6.29. The second kappa shape index (κ2) is 11.5. The van der Waals surface area contributed by atoms with Crippen LogP contribution >= 0.6 is 0 Å². The summed E-state index contributed by atoms with van der Waals surface area (Å²) in [6.07, 6.45) is 3.00. The van der Waals surface area contributed by atoms with Crippen molar-refractivity contribution in [3.8, 4) is 0 Å². The summed E-state index contributed by atoms with van der Waals surface area (Å²) in [5, 5.41) is 25.2. The second-order valence-electron chi connectivity index (χ2n) is 9.62. The first-order valence-corrected chi connectivity index (χ1v) is 11.8. The number of rotatable bonds is 9. The van der Waals surface area contributed by atoms with E-state index in [1.165, 1.54) is 16.7 Å². The van der Waals surface area contributed by atoms with Gasteiger partial charge in [0.2, 0.25) is 11.8 Å². The molecule has 1 aliphatic carbocycles. The minimum absolute atomic E-state index is 0.136. The highest BCUT2D eigenvalue weighted by molar-refractivity contribution is 6.43. The van der Waals surface area contributed by atoms with Crippen LogP contribution in [0.4, 0.5) is 0 Å². The van der Waals surface area contributed by atoms with Gasteiger partial charge in [0.1, 0.15) is 6.04 Å². The van der Waals surface area contributed by atoms with Crippen molar-refractivity contribution in [2.45, 2.75) is 64.9 Å². The Hall–Kier alpha value is -2.64. The summed E-state index contributed by atoms with van der Waals surface area (Å²) in [5.41, 5.74) is 4.59. The van der Waals surface area contributed by atoms with Gasteiger partial charge < -0.3 is 20.7 Å². The molecule has 0 heterocycles. The zero-order valence-corrected chi connectivity index (χ0v) is 19.8. The average Bonchev–Trinajstić information content (AvgIpc) is 2.77. The van der Waals surface area contributed by atoms with Gasteiger partial charge in [-0.1, -0.05) is 67.9 Å². The predicted molar refractivity (Wildman–Crippen MR) is 130 cm³/mol. The van der Waals surface area contributed by atoms with Gasteiger partial charge in [0.25, 0.3) is 0 Å². The van der Waals surface area contributed by atoms with Gasteiger partial charge in [-0.3, -0.25) is 9.59 Å². The lowest BCUT2D eigenvalue weighted by atomic mass is 9.75. The Morgan fingerprint density at radius 2 is 1.79 bits per heavy atom. The third-order valence-corrected chi connectivity index (χ3v) is 6.29. The van der Waals surface area contributed by atoms with E-state index in [2.05, 4.69) is 28.8 Å². The zero-order chi connectivity index (χ0) is 24.0. The lowest BCUT2D eigenvalue weighted by Gasteiger charge is -2.28. The van der Waals surface area contributed by atoms with Crippen LogP contribution in [0.2, 0.25) is 0 Å². The smallest absolute Gasteiger partial charge is 0.426 e. The van der Waals surface area contributed by atoms with Gasteiger partial charge in [0, 0.05) is 12.3 Å². The number of carbonyl (C=O) groups excluding carboxylic acids is 2. The maximum Gasteiger partial charge on any atom is 0.475 e. The Morgan fingerprint density at radius 1 is 1.06 bits per heavy atom. The topological polar surface area (TPSA) is 98.7 Å². The molecule has 0 spiro atoms. The molecule has 7 heteroatoms. The molecule has 0 aromatic heterocycles. The first kappa shape index (κ1) is 25.0. The monoisotopic (exact) mass is 450 g/mol. The second-order valence-corrected chi connectivity index (χ2v) is 9.62. The van der Waals surface area contributed by atoms with Crippen molar-refractivity contribution in [2.75, 3.05) is 0 Å². The lowest BCUT2D eigenvalue weighted by Crippen LogP contribution is -2.55. The fourth-order valence-electron chi connectivity index (χ4n) is 4.50. The van der Waals surface area contributed by atoms with Crippen molar-refractivity contribution >= 4 is 18.9 Å². The van der Waals surface area contributed by atoms with Crippen molar-refractivity contribution in [1.82, 2.24) is 10.6 Å². The molecule has 176 valence electrons. The van der Waals surface area contributed by atoms with Gasteiger partial charge in [-0.15, -0.1) is 0 Å². The van der Waals surface area contributed by atoms with Gasteiger partial charge in [0.05, 0.1) is 5.94 Å². The lowest BCUT2D eigenvalue weighted by molar-refractivity contribution is -0.131. The number of fused-ring (bicyclic) bond motifs is 1. The number of amides is 2. The molecule has 0 aliphatic heterocycles. The summed E-state index contributed by atoms with van der Waals surface area (Å²) in [6.45, 7) is 5.95. The highest BCUT2D eigenvalue weighted by Gasteiger charge is 2.32. The van der Waals surface area contributed by atoms with Crippen LogP contribution in [0.15, 0.2) is 48.5 Å². The molecule has 4 N–H and O–H groups in total. The summed E-state index contributed by atoms with van der Waals surface area (Å²) in [5.74, 6) is -1.36. The number of benzene rings is 2. The Morgan fingerprint density at radius 3 is 2.45 bits per heavy atom. The molecule has 1 aliphatic rings.